The molecule has 0 fully saturated rings. The number of halogens is 1. The summed E-state index contributed by atoms with van der Waals surface area (Å²) >= 11 is 0. The Kier molecular flexibility index (Phi) is 2.79. The van der Waals surface area contributed by atoms with Gasteiger partial charge in [0.1, 0.15) is 12.1 Å². The molecule has 0 aliphatic rings. The van der Waals surface area contributed by atoms with Crippen molar-refractivity contribution in [3.63, 3.8) is 0 Å². The summed E-state index contributed by atoms with van der Waals surface area (Å²) in [6, 6.07) is 6.31. The molecule has 0 aliphatic carbocycles. The van der Waals surface area contributed by atoms with Crippen LogP contribution < -0.4 is 10.9 Å². The molecule has 7 heteroatoms. The summed E-state index contributed by atoms with van der Waals surface area (Å²) in [4.78, 5) is 23.6. The van der Waals surface area contributed by atoms with E-state index in [2.05, 4.69) is 15.0 Å². The number of nitrogens with zero attached hydrogens (tertiary/aromatic N) is 1. The van der Waals surface area contributed by atoms with Gasteiger partial charge in [-0.05, 0) is 29.7 Å². The van der Waals surface area contributed by atoms with Gasteiger partial charge in [-0.2, -0.15) is 0 Å². The molecule has 3 aromatic rings. The number of aromatic nitrogens is 1. The average molecular weight is 274 g/mol. The van der Waals surface area contributed by atoms with E-state index >= 15 is 0 Å². The second-order valence-electron chi connectivity index (χ2n) is 3.97. The molecule has 0 radical (unpaired) electrons. The number of carbonyl (C=O) groups is 1. The smallest absolute Gasteiger partial charge is 0.344 e. The quantitative estimate of drug-likeness (QED) is 0.774. The van der Waals surface area contributed by atoms with Gasteiger partial charge in [-0.3, -0.25) is 4.79 Å². The Balaban J connectivity index is 2.03. The van der Waals surface area contributed by atoms with E-state index in [4.69, 9.17) is 4.42 Å². The van der Waals surface area contributed by atoms with Crippen molar-refractivity contribution < 1.29 is 18.1 Å². The highest BCUT2D eigenvalue weighted by Gasteiger charge is 2.13. The number of amides is 1. The van der Waals surface area contributed by atoms with E-state index in [-0.39, 0.29) is 22.4 Å². The molecule has 0 saturated carbocycles. The van der Waals surface area contributed by atoms with E-state index in [1.165, 1.54) is 24.5 Å². The van der Waals surface area contributed by atoms with Gasteiger partial charge in [-0.25, -0.2) is 9.18 Å². The summed E-state index contributed by atoms with van der Waals surface area (Å²) in [6.07, 6.45) is 1.28. The standard InChI is InChI=1S/C13H7FN2O4/c14-8-1-2-9-7(5-8)6-10(20-13(9)18)12(17)15-11-3-4-19-16-11/h1-6H,(H,15,16,17). The summed E-state index contributed by atoms with van der Waals surface area (Å²) in [5.41, 5.74) is -0.715. The zero-order valence-corrected chi connectivity index (χ0v) is 9.92. The van der Waals surface area contributed by atoms with Crippen molar-refractivity contribution in [2.75, 3.05) is 5.32 Å². The van der Waals surface area contributed by atoms with Gasteiger partial charge in [0.2, 0.25) is 0 Å². The lowest BCUT2D eigenvalue weighted by Gasteiger charge is -2.02. The molecule has 0 spiro atoms. The van der Waals surface area contributed by atoms with Crippen LogP contribution in [-0.4, -0.2) is 11.1 Å². The molecule has 6 nitrogen and oxygen atoms in total. The van der Waals surface area contributed by atoms with Gasteiger partial charge < -0.3 is 14.3 Å². The Hall–Kier alpha value is -2.96. The van der Waals surface area contributed by atoms with Gasteiger partial charge in [0, 0.05) is 6.07 Å². The lowest BCUT2D eigenvalue weighted by molar-refractivity contribution is 0.0992. The van der Waals surface area contributed by atoms with Crippen LogP contribution in [-0.2, 0) is 0 Å². The molecule has 0 bridgehead atoms. The Morgan fingerprint density at radius 3 is 2.85 bits per heavy atom. The summed E-state index contributed by atoms with van der Waals surface area (Å²) in [6.45, 7) is 0. The molecule has 2 heterocycles. The zero-order chi connectivity index (χ0) is 14.1. The van der Waals surface area contributed by atoms with E-state index in [0.717, 1.165) is 12.1 Å². The molecule has 0 atom stereocenters. The van der Waals surface area contributed by atoms with Crippen molar-refractivity contribution in [2.24, 2.45) is 0 Å². The minimum Gasteiger partial charge on any atom is -0.417 e. The minimum absolute atomic E-state index is 0.178. The first kappa shape index (κ1) is 12.1. The number of anilines is 1. The second-order valence-corrected chi connectivity index (χ2v) is 3.97. The van der Waals surface area contributed by atoms with E-state index in [1.54, 1.807) is 0 Å². The van der Waals surface area contributed by atoms with Gasteiger partial charge in [-0.1, -0.05) is 5.16 Å². The molecule has 1 N–H and O–H groups in total. The number of hydrogen-bond acceptors (Lipinski definition) is 5. The van der Waals surface area contributed by atoms with Crippen LogP contribution in [0, 0.1) is 5.82 Å². The van der Waals surface area contributed by atoms with Crippen LogP contribution in [0.1, 0.15) is 10.6 Å². The number of hydrogen-bond donors (Lipinski definition) is 1. The first-order chi connectivity index (χ1) is 9.63. The number of rotatable bonds is 2. The van der Waals surface area contributed by atoms with Crippen LogP contribution in [0.4, 0.5) is 10.2 Å². The molecule has 1 aromatic carbocycles. The molecule has 1 amide bonds. The third-order valence-corrected chi connectivity index (χ3v) is 2.63. The van der Waals surface area contributed by atoms with E-state index in [1.807, 2.05) is 0 Å². The number of fused-ring (bicyclic) bond motifs is 1. The highest BCUT2D eigenvalue weighted by atomic mass is 19.1. The largest absolute Gasteiger partial charge is 0.417 e. The zero-order valence-electron chi connectivity index (χ0n) is 9.92. The maximum Gasteiger partial charge on any atom is 0.344 e. The van der Waals surface area contributed by atoms with Crippen molar-refractivity contribution in [2.45, 2.75) is 0 Å². The van der Waals surface area contributed by atoms with E-state index < -0.39 is 17.3 Å². The molecule has 3 rings (SSSR count). The monoisotopic (exact) mass is 274 g/mol. The van der Waals surface area contributed by atoms with Crippen LogP contribution in [0.15, 0.2) is 50.3 Å². The molecule has 0 aliphatic heterocycles. The fourth-order valence-corrected chi connectivity index (χ4v) is 1.73. The van der Waals surface area contributed by atoms with Crippen LogP contribution in [0.25, 0.3) is 10.8 Å². The van der Waals surface area contributed by atoms with Crippen molar-refractivity contribution in [3.8, 4) is 0 Å². The lowest BCUT2D eigenvalue weighted by atomic mass is 10.1. The molecule has 2 aromatic heterocycles. The number of nitrogens with one attached hydrogen (secondary N) is 1. The molecule has 0 unspecified atom stereocenters. The second kappa shape index (κ2) is 4.61. The van der Waals surface area contributed by atoms with Crippen molar-refractivity contribution in [1.29, 1.82) is 0 Å². The Labute approximate surface area is 110 Å². The number of carbonyl (C=O) groups excluding carboxylic acids is 1. The topological polar surface area (TPSA) is 85.3 Å². The normalized spacial score (nSPS) is 10.7. The van der Waals surface area contributed by atoms with Gasteiger partial charge >= 0.3 is 5.63 Å². The Bertz CT molecular complexity index is 839. The highest BCUT2D eigenvalue weighted by Crippen LogP contribution is 2.15. The predicted octanol–water partition coefficient (Wildman–Crippen LogP) is 2.17. The van der Waals surface area contributed by atoms with Crippen LogP contribution >= 0.6 is 0 Å². The third-order valence-electron chi connectivity index (χ3n) is 2.63. The fraction of sp³-hybridized carbons (Fsp3) is 0. The summed E-state index contributed by atoms with van der Waals surface area (Å²) in [7, 11) is 0. The molecular weight excluding hydrogens is 267 g/mol. The fourth-order valence-electron chi connectivity index (χ4n) is 1.73. The van der Waals surface area contributed by atoms with E-state index in [0.29, 0.717) is 0 Å². The van der Waals surface area contributed by atoms with Crippen LogP contribution in [0.5, 0.6) is 0 Å². The number of benzene rings is 1. The lowest BCUT2D eigenvalue weighted by Crippen LogP contribution is -2.15. The van der Waals surface area contributed by atoms with Gasteiger partial charge in [-0.15, -0.1) is 0 Å². The van der Waals surface area contributed by atoms with Crippen LogP contribution in [0.3, 0.4) is 0 Å². The maximum absolute atomic E-state index is 13.2. The molecule has 20 heavy (non-hydrogen) atoms. The first-order valence-electron chi connectivity index (χ1n) is 5.58. The average Bonchev–Trinajstić information content (AvgIpc) is 2.90. The van der Waals surface area contributed by atoms with Gasteiger partial charge in [0.15, 0.2) is 11.6 Å². The third kappa shape index (κ3) is 2.16. The van der Waals surface area contributed by atoms with E-state index in [9.17, 15) is 14.0 Å². The van der Waals surface area contributed by atoms with Crippen molar-refractivity contribution in [1.82, 2.24) is 5.16 Å². The highest BCUT2D eigenvalue weighted by molar-refractivity contribution is 6.03. The Morgan fingerprint density at radius 2 is 2.10 bits per heavy atom. The summed E-state index contributed by atoms with van der Waals surface area (Å²) < 4.78 is 22.6. The Morgan fingerprint density at radius 1 is 1.25 bits per heavy atom. The molecular formula is C13H7FN2O4. The van der Waals surface area contributed by atoms with Gasteiger partial charge in [0.05, 0.1) is 5.39 Å². The maximum atomic E-state index is 13.2. The van der Waals surface area contributed by atoms with Crippen LogP contribution in [0.2, 0.25) is 0 Å². The molecule has 0 saturated heterocycles. The predicted molar refractivity (Wildman–Crippen MR) is 66.9 cm³/mol. The van der Waals surface area contributed by atoms with Gasteiger partial charge in [0.25, 0.3) is 5.91 Å². The van der Waals surface area contributed by atoms with Crippen molar-refractivity contribution in [3.05, 3.63) is 58.6 Å². The first-order valence-corrected chi connectivity index (χ1v) is 5.58. The van der Waals surface area contributed by atoms with Crippen molar-refractivity contribution >= 4 is 22.5 Å². The summed E-state index contributed by atoms with van der Waals surface area (Å²) in [5.74, 6) is -1.25. The summed E-state index contributed by atoms with van der Waals surface area (Å²) in [5, 5.41) is 6.35. The SMILES string of the molecule is O=C(Nc1ccon1)c1cc2cc(F)ccc2c(=O)o1. The minimum atomic E-state index is -0.715. The molecule has 100 valence electrons.